The van der Waals surface area contributed by atoms with Gasteiger partial charge in [-0.1, -0.05) is 39.0 Å². The molecule has 0 fully saturated rings. The molecule has 0 aromatic heterocycles. The van der Waals surface area contributed by atoms with Gasteiger partial charge in [-0.3, -0.25) is 4.79 Å². The number of rotatable bonds is 7. The molecule has 0 heterocycles. The predicted molar refractivity (Wildman–Crippen MR) is 100 cm³/mol. The van der Waals surface area contributed by atoms with E-state index in [-0.39, 0.29) is 10.8 Å². The van der Waals surface area contributed by atoms with Gasteiger partial charge >= 0.3 is 0 Å². The monoisotopic (exact) mass is 360 g/mol. The molecule has 2 aromatic rings. The van der Waals surface area contributed by atoms with E-state index in [1.54, 1.807) is 12.1 Å². The van der Waals surface area contributed by atoms with E-state index in [9.17, 15) is 13.2 Å². The van der Waals surface area contributed by atoms with Crippen LogP contribution in [0, 0.1) is 0 Å². The highest BCUT2D eigenvalue weighted by molar-refractivity contribution is 7.89. The van der Waals surface area contributed by atoms with Crippen LogP contribution in [0.25, 0.3) is 0 Å². The lowest BCUT2D eigenvalue weighted by Crippen LogP contribution is -2.24. The van der Waals surface area contributed by atoms with E-state index < -0.39 is 10.0 Å². The molecule has 134 valence electrons. The zero-order valence-electron chi connectivity index (χ0n) is 14.7. The maximum Gasteiger partial charge on any atom is 0.255 e. The molecule has 0 bridgehead atoms. The Hall–Kier alpha value is -2.18. The second-order valence-electron chi connectivity index (χ2n) is 6.16. The van der Waals surface area contributed by atoms with E-state index in [2.05, 4.69) is 23.9 Å². The molecular formula is C19H24N2O3S. The zero-order chi connectivity index (χ0) is 18.4. The van der Waals surface area contributed by atoms with Gasteiger partial charge in [-0.25, -0.2) is 13.1 Å². The number of anilines is 1. The number of benzene rings is 2. The standard InChI is InChI=1S/C19H24N2O3S/c1-4-12-20-25(23,24)18-7-5-6-16(13-18)19(22)21-17-10-8-15(9-11-17)14(2)3/h5-11,13-14,20H,4,12H2,1-3H3,(H,21,22). The molecule has 0 radical (unpaired) electrons. The molecule has 0 saturated carbocycles. The maximum atomic E-state index is 12.4. The normalized spacial score (nSPS) is 11.5. The van der Waals surface area contributed by atoms with Gasteiger partial charge in [0.05, 0.1) is 4.90 Å². The highest BCUT2D eigenvalue weighted by atomic mass is 32.2. The van der Waals surface area contributed by atoms with Crippen molar-refractivity contribution in [3.05, 3.63) is 59.7 Å². The summed E-state index contributed by atoms with van der Waals surface area (Å²) in [6, 6.07) is 13.6. The van der Waals surface area contributed by atoms with Gasteiger partial charge in [0, 0.05) is 17.8 Å². The Bertz CT molecular complexity index is 828. The molecule has 6 heteroatoms. The smallest absolute Gasteiger partial charge is 0.255 e. The van der Waals surface area contributed by atoms with E-state index in [1.807, 2.05) is 31.2 Å². The van der Waals surface area contributed by atoms with Crippen LogP contribution >= 0.6 is 0 Å². The summed E-state index contributed by atoms with van der Waals surface area (Å²) in [5.74, 6) is 0.0760. The van der Waals surface area contributed by atoms with E-state index in [1.165, 1.54) is 17.7 Å². The zero-order valence-corrected chi connectivity index (χ0v) is 15.6. The van der Waals surface area contributed by atoms with Crippen molar-refractivity contribution in [2.24, 2.45) is 0 Å². The Kier molecular flexibility index (Phi) is 6.33. The lowest BCUT2D eigenvalue weighted by molar-refractivity contribution is 0.102. The van der Waals surface area contributed by atoms with Crippen LogP contribution in [0.2, 0.25) is 0 Å². The number of carbonyl (C=O) groups is 1. The molecule has 0 atom stereocenters. The molecule has 0 aliphatic carbocycles. The Balaban J connectivity index is 2.16. The first-order valence-electron chi connectivity index (χ1n) is 8.34. The summed E-state index contributed by atoms with van der Waals surface area (Å²) >= 11 is 0. The molecule has 0 aliphatic heterocycles. The fourth-order valence-corrected chi connectivity index (χ4v) is 3.46. The average Bonchev–Trinajstić information content (AvgIpc) is 2.60. The molecule has 0 unspecified atom stereocenters. The molecule has 0 aliphatic rings. The molecule has 2 aromatic carbocycles. The highest BCUT2D eigenvalue weighted by Gasteiger charge is 2.15. The quantitative estimate of drug-likeness (QED) is 0.789. The third-order valence-electron chi connectivity index (χ3n) is 3.78. The summed E-state index contributed by atoms with van der Waals surface area (Å²) in [6.07, 6.45) is 0.700. The molecule has 25 heavy (non-hydrogen) atoms. The van der Waals surface area contributed by atoms with Crippen molar-refractivity contribution in [2.45, 2.75) is 38.0 Å². The highest BCUT2D eigenvalue weighted by Crippen LogP contribution is 2.18. The maximum absolute atomic E-state index is 12.4. The number of carbonyl (C=O) groups excluding carboxylic acids is 1. The van der Waals surface area contributed by atoms with Gasteiger partial charge < -0.3 is 5.32 Å². The van der Waals surface area contributed by atoms with Gasteiger partial charge in [0.1, 0.15) is 0 Å². The Morgan fingerprint density at radius 1 is 1.08 bits per heavy atom. The van der Waals surface area contributed by atoms with Crippen molar-refractivity contribution < 1.29 is 13.2 Å². The van der Waals surface area contributed by atoms with Crippen LogP contribution in [0.3, 0.4) is 0 Å². The average molecular weight is 360 g/mol. The number of hydrogen-bond acceptors (Lipinski definition) is 3. The first-order chi connectivity index (χ1) is 11.8. The van der Waals surface area contributed by atoms with Crippen LogP contribution in [0.1, 0.15) is 49.0 Å². The second kappa shape index (κ2) is 8.27. The Labute approximate surface area is 149 Å². The van der Waals surface area contributed by atoms with Gasteiger partial charge in [0.15, 0.2) is 0 Å². The van der Waals surface area contributed by atoms with Crippen molar-refractivity contribution >= 4 is 21.6 Å². The van der Waals surface area contributed by atoms with E-state index >= 15 is 0 Å². The fraction of sp³-hybridized carbons (Fsp3) is 0.316. The summed E-state index contributed by atoms with van der Waals surface area (Å²) in [4.78, 5) is 12.5. The van der Waals surface area contributed by atoms with Crippen LogP contribution in [0.4, 0.5) is 5.69 Å². The Morgan fingerprint density at radius 2 is 1.76 bits per heavy atom. The first kappa shape index (κ1) is 19.1. The van der Waals surface area contributed by atoms with Crippen LogP contribution in [-0.4, -0.2) is 20.9 Å². The second-order valence-corrected chi connectivity index (χ2v) is 7.92. The molecule has 0 saturated heterocycles. The van der Waals surface area contributed by atoms with E-state index in [4.69, 9.17) is 0 Å². The lowest BCUT2D eigenvalue weighted by atomic mass is 10.0. The largest absolute Gasteiger partial charge is 0.322 e. The van der Waals surface area contributed by atoms with E-state index in [0.717, 1.165) is 0 Å². The minimum atomic E-state index is -3.60. The summed E-state index contributed by atoms with van der Waals surface area (Å²) in [5.41, 5.74) is 2.16. The number of amides is 1. The van der Waals surface area contributed by atoms with Crippen molar-refractivity contribution in [3.63, 3.8) is 0 Å². The van der Waals surface area contributed by atoms with Crippen LogP contribution < -0.4 is 10.0 Å². The van der Waals surface area contributed by atoms with Gasteiger partial charge in [-0.2, -0.15) is 0 Å². The fourth-order valence-electron chi connectivity index (χ4n) is 2.28. The van der Waals surface area contributed by atoms with Crippen LogP contribution in [0.5, 0.6) is 0 Å². The van der Waals surface area contributed by atoms with Gasteiger partial charge in [-0.15, -0.1) is 0 Å². The van der Waals surface area contributed by atoms with Crippen molar-refractivity contribution in [1.82, 2.24) is 4.72 Å². The topological polar surface area (TPSA) is 75.3 Å². The molecule has 2 rings (SSSR count). The van der Waals surface area contributed by atoms with Crippen LogP contribution in [0.15, 0.2) is 53.4 Å². The summed E-state index contributed by atoms with van der Waals surface area (Å²) in [7, 11) is -3.60. The van der Waals surface area contributed by atoms with Gasteiger partial charge in [0.2, 0.25) is 10.0 Å². The summed E-state index contributed by atoms with van der Waals surface area (Å²) < 4.78 is 26.9. The predicted octanol–water partition coefficient (Wildman–Crippen LogP) is 3.75. The minimum Gasteiger partial charge on any atom is -0.322 e. The van der Waals surface area contributed by atoms with Crippen molar-refractivity contribution in [1.29, 1.82) is 0 Å². The third-order valence-corrected chi connectivity index (χ3v) is 5.24. The molecular weight excluding hydrogens is 336 g/mol. The first-order valence-corrected chi connectivity index (χ1v) is 9.83. The van der Waals surface area contributed by atoms with E-state index in [0.29, 0.717) is 30.1 Å². The van der Waals surface area contributed by atoms with Crippen molar-refractivity contribution in [3.8, 4) is 0 Å². The molecule has 5 nitrogen and oxygen atoms in total. The minimum absolute atomic E-state index is 0.0868. The van der Waals surface area contributed by atoms with Gasteiger partial charge in [0.25, 0.3) is 5.91 Å². The third kappa shape index (κ3) is 5.14. The molecule has 0 spiro atoms. The number of nitrogens with one attached hydrogen (secondary N) is 2. The summed E-state index contributed by atoms with van der Waals surface area (Å²) in [6.45, 7) is 6.45. The lowest BCUT2D eigenvalue weighted by Gasteiger charge is -2.10. The molecule has 1 amide bonds. The van der Waals surface area contributed by atoms with Crippen LogP contribution in [-0.2, 0) is 10.0 Å². The summed E-state index contributed by atoms with van der Waals surface area (Å²) in [5, 5.41) is 2.79. The number of hydrogen-bond donors (Lipinski definition) is 2. The van der Waals surface area contributed by atoms with Gasteiger partial charge in [-0.05, 0) is 48.2 Å². The molecule has 2 N–H and O–H groups in total. The SMILES string of the molecule is CCCNS(=O)(=O)c1cccc(C(=O)Nc2ccc(C(C)C)cc2)c1. The Morgan fingerprint density at radius 3 is 2.36 bits per heavy atom. The number of sulfonamides is 1. The van der Waals surface area contributed by atoms with Crippen molar-refractivity contribution in [2.75, 3.05) is 11.9 Å².